The highest BCUT2D eigenvalue weighted by Crippen LogP contribution is 2.49. The third kappa shape index (κ3) is 2.79. The van der Waals surface area contributed by atoms with Crippen LogP contribution in [0.1, 0.15) is 36.2 Å². The van der Waals surface area contributed by atoms with E-state index in [2.05, 4.69) is 100 Å². The van der Waals surface area contributed by atoms with Crippen molar-refractivity contribution in [3.05, 3.63) is 95.4 Å². The Morgan fingerprint density at radius 1 is 0.800 bits per heavy atom. The second-order valence-electron chi connectivity index (χ2n) is 9.02. The Labute approximate surface area is 178 Å². The van der Waals surface area contributed by atoms with Gasteiger partial charge in [-0.25, -0.2) is 4.57 Å². The van der Waals surface area contributed by atoms with E-state index in [1.165, 1.54) is 55.9 Å². The number of hydrogen-bond acceptors (Lipinski definition) is 1. The van der Waals surface area contributed by atoms with Crippen LogP contribution in [-0.2, 0) is 12.5 Å². The molecule has 0 bridgehead atoms. The zero-order chi connectivity index (χ0) is 21.0. The molecule has 4 aromatic rings. The van der Waals surface area contributed by atoms with Gasteiger partial charge in [-0.2, -0.15) is 0 Å². The first-order valence-electron chi connectivity index (χ1n) is 10.5. The lowest BCUT2D eigenvalue weighted by Gasteiger charge is -2.21. The summed E-state index contributed by atoms with van der Waals surface area (Å²) in [5.74, 6) is 0. The van der Waals surface area contributed by atoms with Crippen LogP contribution >= 0.6 is 0 Å². The number of aryl methyl sites for hydroxylation is 3. The molecule has 1 aliphatic carbocycles. The van der Waals surface area contributed by atoms with Crippen molar-refractivity contribution in [2.24, 2.45) is 7.05 Å². The van der Waals surface area contributed by atoms with Gasteiger partial charge in [-0.3, -0.25) is 4.98 Å². The fourth-order valence-electron chi connectivity index (χ4n) is 4.78. The van der Waals surface area contributed by atoms with E-state index < -0.39 is 0 Å². The molecule has 0 amide bonds. The Morgan fingerprint density at radius 2 is 1.53 bits per heavy atom. The summed E-state index contributed by atoms with van der Waals surface area (Å²) in [6.07, 6.45) is 4.14. The van der Waals surface area contributed by atoms with Crippen molar-refractivity contribution in [2.75, 3.05) is 0 Å². The maximum absolute atomic E-state index is 4.72. The molecular formula is C28H27N2+. The van der Waals surface area contributed by atoms with Crippen molar-refractivity contribution in [3.63, 3.8) is 0 Å². The summed E-state index contributed by atoms with van der Waals surface area (Å²) < 4.78 is 2.25. The lowest BCUT2D eigenvalue weighted by atomic mass is 9.83. The minimum atomic E-state index is -0.0885. The van der Waals surface area contributed by atoms with Gasteiger partial charge in [0.25, 0.3) is 0 Å². The van der Waals surface area contributed by atoms with Crippen molar-refractivity contribution in [2.45, 2.75) is 33.1 Å². The molecule has 0 spiro atoms. The maximum Gasteiger partial charge on any atom is 0.212 e. The molecule has 2 aromatic carbocycles. The smallest absolute Gasteiger partial charge is 0.212 e. The predicted octanol–water partition coefficient (Wildman–Crippen LogP) is 6.16. The normalized spacial score (nSPS) is 13.8. The van der Waals surface area contributed by atoms with Crippen molar-refractivity contribution in [1.82, 2.24) is 4.98 Å². The highest BCUT2D eigenvalue weighted by molar-refractivity contribution is 5.83. The Morgan fingerprint density at radius 3 is 2.27 bits per heavy atom. The summed E-state index contributed by atoms with van der Waals surface area (Å²) in [4.78, 5) is 4.72. The van der Waals surface area contributed by atoms with Crippen LogP contribution < -0.4 is 4.57 Å². The topological polar surface area (TPSA) is 16.8 Å². The molecule has 0 aliphatic heterocycles. The summed E-state index contributed by atoms with van der Waals surface area (Å²) in [5, 5.41) is 0. The lowest BCUT2D eigenvalue weighted by Crippen LogP contribution is -2.31. The van der Waals surface area contributed by atoms with Gasteiger partial charge in [0.1, 0.15) is 7.05 Å². The molecule has 2 heteroatoms. The second kappa shape index (κ2) is 6.63. The molecule has 0 saturated heterocycles. The number of fused-ring (bicyclic) bond motifs is 3. The van der Waals surface area contributed by atoms with Gasteiger partial charge < -0.3 is 0 Å². The standard InChI is InChI=1S/C28H27N2/c1-18-8-10-20(11-9-18)21-12-13-26(30(5)17-21)23-16-25-24(15-19(23)2)22-7-6-14-29-27(22)28(25,3)4/h6-17H,1-5H3/q+1. The van der Waals surface area contributed by atoms with Crippen molar-refractivity contribution in [1.29, 1.82) is 0 Å². The maximum atomic E-state index is 4.72. The van der Waals surface area contributed by atoms with Crippen LogP contribution in [0.3, 0.4) is 0 Å². The van der Waals surface area contributed by atoms with Crippen LogP contribution in [0.15, 0.2) is 73.1 Å². The molecule has 0 saturated carbocycles. The SMILES string of the molecule is Cc1ccc(-c2ccc(-c3cc4c(cc3C)-c3cccnc3C4(C)C)[n+](C)c2)cc1. The highest BCUT2D eigenvalue weighted by Gasteiger charge is 2.37. The minimum absolute atomic E-state index is 0.0885. The molecule has 2 aromatic heterocycles. The monoisotopic (exact) mass is 391 g/mol. The average molecular weight is 392 g/mol. The zero-order valence-corrected chi connectivity index (χ0v) is 18.3. The molecule has 1 aliphatic rings. The summed E-state index contributed by atoms with van der Waals surface area (Å²) in [6.45, 7) is 8.90. The van der Waals surface area contributed by atoms with Crippen molar-refractivity contribution in [3.8, 4) is 33.5 Å². The first-order chi connectivity index (χ1) is 14.4. The van der Waals surface area contributed by atoms with E-state index in [9.17, 15) is 0 Å². The van der Waals surface area contributed by atoms with Gasteiger partial charge in [-0.05, 0) is 54.3 Å². The van der Waals surface area contributed by atoms with Crippen LogP contribution in [0, 0.1) is 13.8 Å². The number of nitrogens with zero attached hydrogens (tertiary/aromatic N) is 2. The molecule has 0 atom stereocenters. The lowest BCUT2D eigenvalue weighted by molar-refractivity contribution is -0.659. The van der Waals surface area contributed by atoms with Crippen LogP contribution in [0.25, 0.3) is 33.5 Å². The number of aromatic nitrogens is 2. The molecule has 2 heterocycles. The van der Waals surface area contributed by atoms with Crippen LogP contribution in [0.4, 0.5) is 0 Å². The third-order valence-corrected chi connectivity index (χ3v) is 6.52. The minimum Gasteiger partial charge on any atom is -0.260 e. The molecule has 5 rings (SSSR count). The number of rotatable bonds is 2. The van der Waals surface area contributed by atoms with E-state index in [1.807, 2.05) is 12.3 Å². The number of benzene rings is 2. The van der Waals surface area contributed by atoms with Crippen LogP contribution in [0.5, 0.6) is 0 Å². The van der Waals surface area contributed by atoms with E-state index in [0.29, 0.717) is 0 Å². The Bertz CT molecular complexity index is 1280. The third-order valence-electron chi connectivity index (χ3n) is 6.52. The second-order valence-corrected chi connectivity index (χ2v) is 9.02. The summed E-state index contributed by atoms with van der Waals surface area (Å²) in [7, 11) is 2.14. The molecule has 30 heavy (non-hydrogen) atoms. The van der Waals surface area contributed by atoms with Crippen LogP contribution in [-0.4, -0.2) is 4.98 Å². The summed E-state index contributed by atoms with van der Waals surface area (Å²) >= 11 is 0. The average Bonchev–Trinajstić information content (AvgIpc) is 2.95. The highest BCUT2D eigenvalue weighted by atomic mass is 14.9. The molecule has 2 nitrogen and oxygen atoms in total. The number of hydrogen-bond donors (Lipinski definition) is 0. The molecule has 0 unspecified atom stereocenters. The first kappa shape index (κ1) is 18.7. The van der Waals surface area contributed by atoms with E-state index >= 15 is 0 Å². The molecular weight excluding hydrogens is 364 g/mol. The molecule has 0 radical (unpaired) electrons. The molecule has 148 valence electrons. The van der Waals surface area contributed by atoms with Gasteiger partial charge >= 0.3 is 0 Å². The van der Waals surface area contributed by atoms with E-state index in [0.717, 1.165) is 0 Å². The Hall–Kier alpha value is -3.26. The Balaban J connectivity index is 1.63. The van der Waals surface area contributed by atoms with Gasteiger partial charge in [-0.1, -0.05) is 55.8 Å². The van der Waals surface area contributed by atoms with Gasteiger partial charge in [-0.15, -0.1) is 0 Å². The first-order valence-corrected chi connectivity index (χ1v) is 10.5. The van der Waals surface area contributed by atoms with Crippen molar-refractivity contribution < 1.29 is 4.57 Å². The van der Waals surface area contributed by atoms with Gasteiger partial charge in [0, 0.05) is 34.4 Å². The quantitative estimate of drug-likeness (QED) is 0.374. The molecule has 0 N–H and O–H groups in total. The number of pyridine rings is 2. The van der Waals surface area contributed by atoms with Gasteiger partial charge in [0.05, 0.1) is 5.69 Å². The summed E-state index contributed by atoms with van der Waals surface area (Å²) in [6, 6.07) is 22.2. The Kier molecular flexibility index (Phi) is 4.14. The fourth-order valence-corrected chi connectivity index (χ4v) is 4.78. The zero-order valence-electron chi connectivity index (χ0n) is 18.3. The summed E-state index contributed by atoms with van der Waals surface area (Å²) in [5.41, 5.74) is 12.6. The van der Waals surface area contributed by atoms with E-state index in [-0.39, 0.29) is 5.41 Å². The molecule has 0 fully saturated rings. The fraction of sp³-hybridized carbons (Fsp3) is 0.214. The van der Waals surface area contributed by atoms with Gasteiger partial charge in [0.2, 0.25) is 5.69 Å². The van der Waals surface area contributed by atoms with Gasteiger partial charge in [0.15, 0.2) is 6.20 Å². The largest absolute Gasteiger partial charge is 0.260 e. The van der Waals surface area contributed by atoms with Crippen molar-refractivity contribution >= 4 is 0 Å². The van der Waals surface area contributed by atoms with E-state index in [1.54, 1.807) is 0 Å². The van der Waals surface area contributed by atoms with E-state index in [4.69, 9.17) is 4.98 Å². The predicted molar refractivity (Wildman–Crippen MR) is 123 cm³/mol. The van der Waals surface area contributed by atoms with Crippen LogP contribution in [0.2, 0.25) is 0 Å².